The van der Waals surface area contributed by atoms with Crippen LogP contribution in [0.5, 0.6) is 0 Å². The number of hydrogen-bond acceptors (Lipinski definition) is 4. The van der Waals surface area contributed by atoms with E-state index in [4.69, 9.17) is 23.2 Å². The van der Waals surface area contributed by atoms with Gasteiger partial charge in [-0.15, -0.1) is 0 Å². The van der Waals surface area contributed by atoms with E-state index in [0.29, 0.717) is 37.5 Å². The number of aromatic nitrogens is 2. The number of aryl methyl sites for hydroxylation is 2. The molecule has 4 aromatic rings. The third-order valence-corrected chi connectivity index (χ3v) is 6.35. The Morgan fingerprint density at radius 1 is 1.00 bits per heavy atom. The highest BCUT2D eigenvalue weighted by atomic mass is 35.5. The van der Waals surface area contributed by atoms with Crippen molar-refractivity contribution in [2.75, 3.05) is 11.1 Å². The topological polar surface area (TPSA) is 64.0 Å². The Morgan fingerprint density at radius 2 is 1.72 bits per heavy atom. The van der Waals surface area contributed by atoms with E-state index in [1.54, 1.807) is 34.9 Å². The first-order valence-corrected chi connectivity index (χ1v) is 11.5. The van der Waals surface area contributed by atoms with Crippen molar-refractivity contribution in [1.29, 1.82) is 0 Å². The van der Waals surface area contributed by atoms with Crippen molar-refractivity contribution in [1.82, 2.24) is 9.55 Å². The van der Waals surface area contributed by atoms with Crippen LogP contribution in [0.3, 0.4) is 0 Å². The molecule has 32 heavy (non-hydrogen) atoms. The number of halogens is 2. The SMILES string of the molecule is Cc1ccc(-n2c(SCC(=O)Nc3cc(Cl)cc(Cl)c3)nc3ccccc3c2=O)cc1C. The lowest BCUT2D eigenvalue weighted by atomic mass is 10.1. The van der Waals surface area contributed by atoms with E-state index in [9.17, 15) is 9.59 Å². The standard InChI is InChI=1S/C24H19Cl2N3O2S/c1-14-7-8-19(9-15(14)2)29-23(31)20-5-3-4-6-21(20)28-24(29)32-13-22(30)27-18-11-16(25)10-17(26)12-18/h3-12H,13H2,1-2H3,(H,27,30). The number of amides is 1. The van der Waals surface area contributed by atoms with Crippen LogP contribution in [0.1, 0.15) is 11.1 Å². The van der Waals surface area contributed by atoms with Crippen LogP contribution in [0.15, 0.2) is 70.6 Å². The zero-order chi connectivity index (χ0) is 22.8. The molecule has 0 aliphatic rings. The van der Waals surface area contributed by atoms with Crippen LogP contribution in [-0.4, -0.2) is 21.2 Å². The second-order valence-electron chi connectivity index (χ2n) is 7.32. The van der Waals surface area contributed by atoms with E-state index in [-0.39, 0.29) is 17.2 Å². The molecule has 0 fully saturated rings. The fourth-order valence-electron chi connectivity index (χ4n) is 3.25. The Balaban J connectivity index is 1.68. The van der Waals surface area contributed by atoms with Crippen molar-refractivity contribution < 1.29 is 4.79 Å². The van der Waals surface area contributed by atoms with Crippen LogP contribution in [0.4, 0.5) is 5.69 Å². The molecule has 1 heterocycles. The summed E-state index contributed by atoms with van der Waals surface area (Å²) < 4.78 is 1.56. The lowest BCUT2D eigenvalue weighted by Crippen LogP contribution is -2.23. The minimum absolute atomic E-state index is 0.0553. The first-order valence-electron chi connectivity index (χ1n) is 9.80. The molecular formula is C24H19Cl2N3O2S. The minimum Gasteiger partial charge on any atom is -0.325 e. The summed E-state index contributed by atoms with van der Waals surface area (Å²) in [5.41, 5.74) is 3.82. The summed E-state index contributed by atoms with van der Waals surface area (Å²) in [5, 5.41) is 4.60. The van der Waals surface area contributed by atoms with Crippen LogP contribution in [0, 0.1) is 13.8 Å². The van der Waals surface area contributed by atoms with Gasteiger partial charge in [-0.2, -0.15) is 0 Å². The molecule has 0 aliphatic heterocycles. The lowest BCUT2D eigenvalue weighted by Gasteiger charge is -2.14. The highest BCUT2D eigenvalue weighted by Crippen LogP contribution is 2.25. The molecule has 5 nitrogen and oxygen atoms in total. The molecule has 0 radical (unpaired) electrons. The van der Waals surface area contributed by atoms with Crippen LogP contribution >= 0.6 is 35.0 Å². The minimum atomic E-state index is -0.262. The van der Waals surface area contributed by atoms with E-state index in [1.165, 1.54) is 11.8 Å². The molecule has 0 unspecified atom stereocenters. The molecule has 1 N–H and O–H groups in total. The normalized spacial score (nSPS) is 11.0. The number of para-hydroxylation sites is 1. The predicted molar refractivity (Wildman–Crippen MR) is 133 cm³/mol. The molecule has 162 valence electrons. The van der Waals surface area contributed by atoms with Crippen LogP contribution < -0.4 is 10.9 Å². The number of thioether (sulfide) groups is 1. The van der Waals surface area contributed by atoms with Crippen LogP contribution in [0.2, 0.25) is 10.0 Å². The molecular weight excluding hydrogens is 465 g/mol. The largest absolute Gasteiger partial charge is 0.325 e. The maximum atomic E-state index is 13.3. The van der Waals surface area contributed by atoms with Gasteiger partial charge in [0.25, 0.3) is 5.56 Å². The predicted octanol–water partition coefficient (Wildman–Crippen LogP) is 6.04. The fraction of sp³-hybridized carbons (Fsp3) is 0.125. The van der Waals surface area contributed by atoms with Gasteiger partial charge < -0.3 is 5.32 Å². The molecule has 0 atom stereocenters. The summed E-state index contributed by atoms with van der Waals surface area (Å²) in [4.78, 5) is 30.6. The van der Waals surface area contributed by atoms with Gasteiger partial charge in [-0.05, 0) is 67.4 Å². The zero-order valence-electron chi connectivity index (χ0n) is 17.4. The molecule has 4 rings (SSSR count). The average Bonchev–Trinajstić information content (AvgIpc) is 2.74. The van der Waals surface area contributed by atoms with E-state index >= 15 is 0 Å². The fourth-order valence-corrected chi connectivity index (χ4v) is 4.59. The van der Waals surface area contributed by atoms with Crippen molar-refractivity contribution in [3.05, 3.63) is 92.2 Å². The summed E-state index contributed by atoms with van der Waals surface area (Å²) in [6.07, 6.45) is 0. The number of fused-ring (bicyclic) bond motifs is 1. The molecule has 0 bridgehead atoms. The Kier molecular flexibility index (Phi) is 6.55. The second kappa shape index (κ2) is 9.36. The maximum Gasteiger partial charge on any atom is 0.266 e. The van der Waals surface area contributed by atoms with Crippen molar-refractivity contribution in [2.24, 2.45) is 0 Å². The molecule has 1 amide bonds. The zero-order valence-corrected chi connectivity index (χ0v) is 19.7. The molecule has 0 aliphatic carbocycles. The Bertz CT molecular complexity index is 1380. The van der Waals surface area contributed by atoms with E-state index in [2.05, 4.69) is 10.3 Å². The van der Waals surface area contributed by atoms with Crippen molar-refractivity contribution in [2.45, 2.75) is 19.0 Å². The summed E-state index contributed by atoms with van der Waals surface area (Å²) >= 11 is 13.2. The number of benzene rings is 3. The van der Waals surface area contributed by atoms with Crippen LogP contribution in [-0.2, 0) is 4.79 Å². The molecule has 0 spiro atoms. The first-order chi connectivity index (χ1) is 15.3. The maximum absolute atomic E-state index is 13.3. The highest BCUT2D eigenvalue weighted by molar-refractivity contribution is 7.99. The van der Waals surface area contributed by atoms with Gasteiger partial charge in [0, 0.05) is 15.7 Å². The summed E-state index contributed by atoms with van der Waals surface area (Å²) in [6.45, 7) is 4.01. The van der Waals surface area contributed by atoms with Gasteiger partial charge in [0.05, 0.1) is 22.3 Å². The number of anilines is 1. The third-order valence-electron chi connectivity index (χ3n) is 4.97. The van der Waals surface area contributed by atoms with Gasteiger partial charge in [-0.25, -0.2) is 4.98 Å². The number of carbonyl (C=O) groups excluding carboxylic acids is 1. The highest BCUT2D eigenvalue weighted by Gasteiger charge is 2.15. The monoisotopic (exact) mass is 483 g/mol. The summed E-state index contributed by atoms with van der Waals surface area (Å²) in [7, 11) is 0. The molecule has 1 aromatic heterocycles. The van der Waals surface area contributed by atoms with Crippen molar-refractivity contribution in [3.63, 3.8) is 0 Å². The summed E-state index contributed by atoms with van der Waals surface area (Å²) in [5.74, 6) is -0.206. The number of rotatable bonds is 5. The van der Waals surface area contributed by atoms with Gasteiger partial charge in [0.2, 0.25) is 5.91 Å². The van der Waals surface area contributed by atoms with E-state index < -0.39 is 0 Å². The van der Waals surface area contributed by atoms with E-state index in [1.807, 2.05) is 44.2 Å². The Morgan fingerprint density at radius 3 is 2.44 bits per heavy atom. The number of carbonyl (C=O) groups is 1. The molecule has 8 heteroatoms. The number of hydrogen-bond donors (Lipinski definition) is 1. The quantitative estimate of drug-likeness (QED) is 0.277. The molecule has 0 saturated carbocycles. The lowest BCUT2D eigenvalue weighted by molar-refractivity contribution is -0.113. The van der Waals surface area contributed by atoms with Crippen molar-refractivity contribution in [3.8, 4) is 5.69 Å². The third kappa shape index (κ3) is 4.83. The average molecular weight is 484 g/mol. The van der Waals surface area contributed by atoms with E-state index in [0.717, 1.165) is 11.1 Å². The van der Waals surface area contributed by atoms with Crippen molar-refractivity contribution >= 4 is 57.5 Å². The number of nitrogens with zero attached hydrogens (tertiary/aromatic N) is 2. The van der Waals surface area contributed by atoms with Gasteiger partial charge in [-0.3, -0.25) is 14.2 Å². The van der Waals surface area contributed by atoms with Crippen LogP contribution in [0.25, 0.3) is 16.6 Å². The Labute approximate surface area is 199 Å². The van der Waals surface area contributed by atoms with Gasteiger partial charge in [-0.1, -0.05) is 53.2 Å². The Hall–Kier alpha value is -2.80. The van der Waals surface area contributed by atoms with Gasteiger partial charge >= 0.3 is 0 Å². The van der Waals surface area contributed by atoms with Gasteiger partial charge in [0.1, 0.15) is 0 Å². The molecule has 0 saturated heterocycles. The smallest absolute Gasteiger partial charge is 0.266 e. The summed E-state index contributed by atoms with van der Waals surface area (Å²) in [6, 6.07) is 17.8. The van der Waals surface area contributed by atoms with Gasteiger partial charge in [0.15, 0.2) is 5.16 Å². The first kappa shape index (κ1) is 22.4. The second-order valence-corrected chi connectivity index (χ2v) is 9.13. The number of nitrogens with one attached hydrogen (secondary N) is 1. The molecule has 3 aromatic carbocycles.